The van der Waals surface area contributed by atoms with E-state index in [0.717, 1.165) is 0 Å². The van der Waals surface area contributed by atoms with Crippen molar-refractivity contribution < 1.29 is 27.4 Å². The van der Waals surface area contributed by atoms with Gasteiger partial charge in [0, 0.05) is 0 Å². The third-order valence-electron chi connectivity index (χ3n) is 2.19. The maximum Gasteiger partial charge on any atom is 0.573 e. The van der Waals surface area contributed by atoms with Crippen LogP contribution < -0.4 is 10.1 Å². The molecule has 1 atom stereocenters. The molecule has 18 heavy (non-hydrogen) atoms. The average molecular weight is 284 g/mol. The number of amides is 1. The second kappa shape index (κ2) is 5.34. The molecule has 8 heteroatoms. The number of hydrogen-bond acceptors (Lipinski definition) is 3. The Morgan fingerprint density at radius 1 is 1.28 bits per heavy atom. The van der Waals surface area contributed by atoms with Gasteiger partial charge in [-0.2, -0.15) is 0 Å². The van der Waals surface area contributed by atoms with E-state index in [9.17, 15) is 18.0 Å². The van der Waals surface area contributed by atoms with E-state index in [-0.39, 0.29) is 30.8 Å². The van der Waals surface area contributed by atoms with Crippen LogP contribution >= 0.6 is 12.4 Å². The van der Waals surface area contributed by atoms with Gasteiger partial charge in [-0.15, -0.1) is 25.6 Å². The topological polar surface area (TPSA) is 47.6 Å². The first kappa shape index (κ1) is 14.4. The lowest BCUT2D eigenvalue weighted by Crippen LogP contribution is -2.19. The summed E-state index contributed by atoms with van der Waals surface area (Å²) in [6, 6.07) is 4.93. The molecular formula is C10H9ClF3NO3. The first-order chi connectivity index (χ1) is 7.94. The fourth-order valence-corrected chi connectivity index (χ4v) is 1.47. The Kier molecular flexibility index (Phi) is 4.28. The number of carbonyl (C=O) groups excluding carboxylic acids is 1. The van der Waals surface area contributed by atoms with Gasteiger partial charge in [0.05, 0.1) is 6.04 Å². The Labute approximate surface area is 106 Å². The van der Waals surface area contributed by atoms with Crippen LogP contribution in [0.25, 0.3) is 0 Å². The van der Waals surface area contributed by atoms with Gasteiger partial charge in [0.15, 0.2) is 0 Å². The second-order valence-electron chi connectivity index (χ2n) is 3.41. The Hall–Kier alpha value is -1.63. The van der Waals surface area contributed by atoms with Gasteiger partial charge >= 0.3 is 12.5 Å². The fourth-order valence-electron chi connectivity index (χ4n) is 1.47. The molecule has 1 amide bonds. The molecule has 0 radical (unpaired) electrons. The number of halogens is 4. The van der Waals surface area contributed by atoms with E-state index in [2.05, 4.69) is 14.8 Å². The van der Waals surface area contributed by atoms with Crippen LogP contribution in [0.3, 0.4) is 0 Å². The summed E-state index contributed by atoms with van der Waals surface area (Å²) in [7, 11) is 0. The molecule has 1 aliphatic rings. The summed E-state index contributed by atoms with van der Waals surface area (Å²) in [5.74, 6) is -0.300. The Bertz CT molecular complexity index is 421. The zero-order valence-electron chi connectivity index (χ0n) is 8.86. The summed E-state index contributed by atoms with van der Waals surface area (Å²) >= 11 is 0. The molecule has 1 aromatic carbocycles. The van der Waals surface area contributed by atoms with E-state index >= 15 is 0 Å². The standard InChI is InChI=1S/C10H8F3NO3.ClH/c11-10(12,13)17-7-3-1-6(2-4-7)8-5-16-9(15)14-8;/h1-4,8H,5H2,(H,14,15);1H/t8-;/m0./s1. The molecule has 1 fully saturated rings. The van der Waals surface area contributed by atoms with Crippen molar-refractivity contribution in [2.75, 3.05) is 6.61 Å². The number of alkyl halides is 3. The Balaban J connectivity index is 0.00000162. The average Bonchev–Trinajstić information content (AvgIpc) is 2.63. The van der Waals surface area contributed by atoms with Crippen LogP contribution in [0.1, 0.15) is 11.6 Å². The van der Waals surface area contributed by atoms with Crippen LogP contribution in [0.4, 0.5) is 18.0 Å². The molecule has 1 heterocycles. The summed E-state index contributed by atoms with van der Waals surface area (Å²) < 4.78 is 44.1. The number of carbonyl (C=O) groups is 1. The zero-order valence-corrected chi connectivity index (χ0v) is 9.68. The number of nitrogens with one attached hydrogen (secondary N) is 1. The highest BCUT2D eigenvalue weighted by Gasteiger charge is 2.31. The third kappa shape index (κ3) is 3.69. The first-order valence-corrected chi connectivity index (χ1v) is 4.73. The number of ether oxygens (including phenoxy) is 2. The lowest BCUT2D eigenvalue weighted by molar-refractivity contribution is -0.274. The monoisotopic (exact) mass is 283 g/mol. The van der Waals surface area contributed by atoms with Gasteiger partial charge in [0.25, 0.3) is 0 Å². The lowest BCUT2D eigenvalue weighted by atomic mass is 10.1. The molecule has 4 nitrogen and oxygen atoms in total. The lowest BCUT2D eigenvalue weighted by Gasteiger charge is -2.11. The zero-order chi connectivity index (χ0) is 12.5. The highest BCUT2D eigenvalue weighted by atomic mass is 35.5. The normalized spacial score (nSPS) is 18.6. The predicted octanol–water partition coefficient (Wildman–Crippen LogP) is 2.79. The maximum absolute atomic E-state index is 11.9. The molecule has 1 aliphatic heterocycles. The Morgan fingerprint density at radius 3 is 2.33 bits per heavy atom. The van der Waals surface area contributed by atoms with E-state index < -0.39 is 12.5 Å². The predicted molar refractivity (Wildman–Crippen MR) is 57.6 cm³/mol. The number of cyclic esters (lactones) is 1. The minimum Gasteiger partial charge on any atom is -0.447 e. The number of alkyl carbamates (subject to hydrolysis) is 1. The summed E-state index contributed by atoms with van der Waals surface area (Å²) in [6.45, 7) is 0.165. The van der Waals surface area contributed by atoms with Crippen molar-refractivity contribution in [3.05, 3.63) is 29.8 Å². The van der Waals surface area contributed by atoms with Crippen LogP contribution in [0.15, 0.2) is 24.3 Å². The van der Waals surface area contributed by atoms with Crippen molar-refractivity contribution in [3.63, 3.8) is 0 Å². The van der Waals surface area contributed by atoms with E-state index in [1.807, 2.05) is 0 Å². The smallest absolute Gasteiger partial charge is 0.447 e. The number of rotatable bonds is 2. The number of hydrogen-bond donors (Lipinski definition) is 1. The van der Waals surface area contributed by atoms with Crippen molar-refractivity contribution in [2.45, 2.75) is 12.4 Å². The van der Waals surface area contributed by atoms with Gasteiger partial charge in [-0.25, -0.2) is 4.79 Å². The van der Waals surface area contributed by atoms with Gasteiger partial charge in [-0.05, 0) is 17.7 Å². The van der Waals surface area contributed by atoms with Crippen LogP contribution in [0.5, 0.6) is 5.75 Å². The molecule has 0 unspecified atom stereocenters. The fraction of sp³-hybridized carbons (Fsp3) is 0.300. The van der Waals surface area contributed by atoms with Crippen molar-refractivity contribution in [1.82, 2.24) is 5.32 Å². The SMILES string of the molecule is Cl.O=C1N[C@H](c2ccc(OC(F)(F)F)cc2)CO1. The minimum atomic E-state index is -4.70. The van der Waals surface area contributed by atoms with E-state index in [1.54, 1.807) is 0 Å². The van der Waals surface area contributed by atoms with Crippen LogP contribution in [-0.2, 0) is 4.74 Å². The van der Waals surface area contributed by atoms with E-state index in [1.165, 1.54) is 24.3 Å². The summed E-state index contributed by atoms with van der Waals surface area (Å²) in [4.78, 5) is 10.8. The number of benzene rings is 1. The summed E-state index contributed by atoms with van der Waals surface area (Å²) in [5.41, 5.74) is 0.658. The highest BCUT2D eigenvalue weighted by molar-refractivity contribution is 5.85. The molecule has 2 rings (SSSR count). The van der Waals surface area contributed by atoms with Crippen molar-refractivity contribution in [2.24, 2.45) is 0 Å². The molecule has 0 saturated carbocycles. The molecule has 1 N–H and O–H groups in total. The molecule has 0 aromatic heterocycles. The van der Waals surface area contributed by atoms with Gasteiger partial charge in [0.1, 0.15) is 12.4 Å². The molecule has 1 saturated heterocycles. The van der Waals surface area contributed by atoms with Crippen molar-refractivity contribution in [1.29, 1.82) is 0 Å². The Morgan fingerprint density at radius 2 is 1.89 bits per heavy atom. The van der Waals surface area contributed by atoms with Gasteiger partial charge < -0.3 is 14.8 Å². The molecule has 0 aliphatic carbocycles. The van der Waals surface area contributed by atoms with Crippen molar-refractivity contribution >= 4 is 18.5 Å². The van der Waals surface area contributed by atoms with E-state index in [0.29, 0.717) is 5.56 Å². The summed E-state index contributed by atoms with van der Waals surface area (Å²) in [5, 5.41) is 2.51. The van der Waals surface area contributed by atoms with Gasteiger partial charge in [-0.1, -0.05) is 12.1 Å². The minimum absolute atomic E-state index is 0. The molecule has 0 spiro atoms. The van der Waals surface area contributed by atoms with Crippen LogP contribution in [0.2, 0.25) is 0 Å². The third-order valence-corrected chi connectivity index (χ3v) is 2.19. The van der Waals surface area contributed by atoms with Crippen LogP contribution in [0, 0.1) is 0 Å². The maximum atomic E-state index is 11.9. The summed E-state index contributed by atoms with van der Waals surface area (Å²) in [6.07, 6.45) is -5.24. The largest absolute Gasteiger partial charge is 0.573 e. The molecular weight excluding hydrogens is 275 g/mol. The molecule has 0 bridgehead atoms. The molecule has 100 valence electrons. The second-order valence-corrected chi connectivity index (χ2v) is 3.41. The van der Waals surface area contributed by atoms with Crippen molar-refractivity contribution in [3.8, 4) is 5.75 Å². The quantitative estimate of drug-likeness (QED) is 0.908. The first-order valence-electron chi connectivity index (χ1n) is 4.73. The van der Waals surface area contributed by atoms with Gasteiger partial charge in [0.2, 0.25) is 0 Å². The van der Waals surface area contributed by atoms with Crippen LogP contribution in [-0.4, -0.2) is 19.1 Å². The van der Waals surface area contributed by atoms with E-state index in [4.69, 9.17) is 0 Å². The molecule has 1 aromatic rings. The highest BCUT2D eigenvalue weighted by Crippen LogP contribution is 2.25. The van der Waals surface area contributed by atoms with Gasteiger partial charge in [-0.3, -0.25) is 0 Å².